The summed E-state index contributed by atoms with van der Waals surface area (Å²) in [4.78, 5) is 11.1. The molecule has 9 heteroatoms. The van der Waals surface area contributed by atoms with Gasteiger partial charge in [-0.1, -0.05) is 0 Å². The first-order chi connectivity index (χ1) is 11.9. The van der Waals surface area contributed by atoms with Crippen LogP contribution in [-0.2, 0) is 24.3 Å². The van der Waals surface area contributed by atoms with Crippen LogP contribution in [0.2, 0.25) is 0 Å². The van der Waals surface area contributed by atoms with E-state index in [-0.39, 0.29) is 29.5 Å². The quantitative estimate of drug-likeness (QED) is 0.374. The monoisotopic (exact) mass is 373 g/mol. The average Bonchev–Trinajstić information content (AvgIpc) is 2.62. The van der Waals surface area contributed by atoms with Crippen LogP contribution in [-0.4, -0.2) is 55.5 Å². The SMILES string of the molecule is CCOCCNS(=O)(=O)c1cc(C=CC(=O)OC)cc(OC)c1OC. The summed E-state index contributed by atoms with van der Waals surface area (Å²) < 4.78 is 47.6. The smallest absolute Gasteiger partial charge is 0.330 e. The number of carbonyl (C=O) groups is 1. The van der Waals surface area contributed by atoms with Gasteiger partial charge in [-0.3, -0.25) is 0 Å². The highest BCUT2D eigenvalue weighted by atomic mass is 32.2. The molecular weight excluding hydrogens is 350 g/mol. The fraction of sp³-hybridized carbons (Fsp3) is 0.438. The molecule has 1 aromatic carbocycles. The molecule has 1 aromatic rings. The molecule has 0 radical (unpaired) electrons. The molecular formula is C16H23NO7S. The Morgan fingerprint density at radius 2 is 1.92 bits per heavy atom. The number of methoxy groups -OCH3 is 3. The van der Waals surface area contributed by atoms with Crippen molar-refractivity contribution in [1.82, 2.24) is 4.72 Å². The zero-order chi connectivity index (χ0) is 18.9. The van der Waals surface area contributed by atoms with Gasteiger partial charge in [-0.05, 0) is 30.7 Å². The molecule has 0 aromatic heterocycles. The summed E-state index contributed by atoms with van der Waals surface area (Å²) >= 11 is 0. The topological polar surface area (TPSA) is 100 Å². The van der Waals surface area contributed by atoms with Crippen molar-refractivity contribution < 1.29 is 32.2 Å². The number of hydrogen-bond acceptors (Lipinski definition) is 7. The van der Waals surface area contributed by atoms with Crippen LogP contribution in [0.25, 0.3) is 6.08 Å². The normalized spacial score (nSPS) is 11.5. The van der Waals surface area contributed by atoms with E-state index in [1.807, 2.05) is 6.92 Å². The van der Waals surface area contributed by atoms with E-state index in [0.29, 0.717) is 12.2 Å². The molecule has 0 unspecified atom stereocenters. The molecule has 0 atom stereocenters. The minimum atomic E-state index is -3.87. The summed E-state index contributed by atoms with van der Waals surface area (Å²) in [5.74, 6) is -0.268. The number of nitrogens with one attached hydrogen (secondary N) is 1. The van der Waals surface area contributed by atoms with Crippen molar-refractivity contribution in [3.63, 3.8) is 0 Å². The van der Waals surface area contributed by atoms with E-state index in [4.69, 9.17) is 14.2 Å². The molecule has 25 heavy (non-hydrogen) atoms. The van der Waals surface area contributed by atoms with E-state index in [9.17, 15) is 13.2 Å². The minimum Gasteiger partial charge on any atom is -0.493 e. The Hall–Kier alpha value is -2.10. The van der Waals surface area contributed by atoms with Crippen molar-refractivity contribution in [2.75, 3.05) is 41.1 Å². The predicted octanol–water partition coefficient (Wildman–Crippen LogP) is 1.20. The Kier molecular flexibility index (Phi) is 8.39. The summed E-state index contributed by atoms with van der Waals surface area (Å²) in [6, 6.07) is 2.93. The van der Waals surface area contributed by atoms with Crippen LogP contribution >= 0.6 is 0 Å². The minimum absolute atomic E-state index is 0.0710. The second-order valence-electron chi connectivity index (χ2n) is 4.71. The van der Waals surface area contributed by atoms with Crippen LogP contribution in [0.1, 0.15) is 12.5 Å². The van der Waals surface area contributed by atoms with Crippen LogP contribution in [0.3, 0.4) is 0 Å². The van der Waals surface area contributed by atoms with E-state index in [1.165, 1.54) is 39.5 Å². The highest BCUT2D eigenvalue weighted by Gasteiger charge is 2.23. The molecule has 140 valence electrons. The van der Waals surface area contributed by atoms with Crippen LogP contribution in [0.5, 0.6) is 11.5 Å². The van der Waals surface area contributed by atoms with E-state index in [0.717, 1.165) is 0 Å². The number of rotatable bonds is 10. The lowest BCUT2D eigenvalue weighted by atomic mass is 10.2. The lowest BCUT2D eigenvalue weighted by Gasteiger charge is -2.15. The Morgan fingerprint density at radius 3 is 2.48 bits per heavy atom. The van der Waals surface area contributed by atoms with Crippen molar-refractivity contribution in [1.29, 1.82) is 0 Å². The lowest BCUT2D eigenvalue weighted by Crippen LogP contribution is -2.28. The Bertz CT molecular complexity index is 713. The van der Waals surface area contributed by atoms with Gasteiger partial charge in [-0.15, -0.1) is 0 Å². The first-order valence-corrected chi connectivity index (χ1v) is 8.97. The predicted molar refractivity (Wildman–Crippen MR) is 92.3 cm³/mol. The molecule has 0 bridgehead atoms. The highest BCUT2D eigenvalue weighted by molar-refractivity contribution is 7.89. The van der Waals surface area contributed by atoms with Gasteiger partial charge < -0.3 is 18.9 Å². The Morgan fingerprint density at radius 1 is 1.20 bits per heavy atom. The third-order valence-electron chi connectivity index (χ3n) is 3.11. The highest BCUT2D eigenvalue weighted by Crippen LogP contribution is 2.35. The number of benzene rings is 1. The summed E-state index contributed by atoms with van der Waals surface area (Å²) in [5, 5.41) is 0. The molecule has 8 nitrogen and oxygen atoms in total. The molecule has 0 aliphatic heterocycles. The maximum atomic E-state index is 12.6. The molecule has 0 heterocycles. The van der Waals surface area contributed by atoms with Crippen LogP contribution in [0, 0.1) is 0 Å². The van der Waals surface area contributed by atoms with Gasteiger partial charge in [0.2, 0.25) is 10.0 Å². The van der Waals surface area contributed by atoms with Crippen molar-refractivity contribution in [2.45, 2.75) is 11.8 Å². The van der Waals surface area contributed by atoms with Crippen LogP contribution < -0.4 is 14.2 Å². The standard InChI is InChI=1S/C16H23NO7S/c1-5-24-9-8-17-25(19,20)14-11-12(6-7-15(18)22-3)10-13(21-2)16(14)23-4/h6-7,10-11,17H,5,8-9H2,1-4H3. The lowest BCUT2D eigenvalue weighted by molar-refractivity contribution is -0.134. The van der Waals surface area contributed by atoms with Crippen molar-refractivity contribution in [3.05, 3.63) is 23.8 Å². The fourth-order valence-corrected chi connectivity index (χ4v) is 3.17. The molecule has 0 fully saturated rings. The molecule has 1 N–H and O–H groups in total. The van der Waals surface area contributed by atoms with Gasteiger partial charge in [0, 0.05) is 19.2 Å². The largest absolute Gasteiger partial charge is 0.493 e. The first kappa shape index (κ1) is 20.9. The number of ether oxygens (including phenoxy) is 4. The van der Waals surface area contributed by atoms with E-state index >= 15 is 0 Å². The van der Waals surface area contributed by atoms with Crippen molar-refractivity contribution >= 4 is 22.1 Å². The number of sulfonamides is 1. The second kappa shape index (κ2) is 10.0. The van der Waals surface area contributed by atoms with Gasteiger partial charge >= 0.3 is 5.97 Å². The molecule has 1 rings (SSSR count). The zero-order valence-corrected chi connectivity index (χ0v) is 15.5. The maximum absolute atomic E-state index is 12.6. The average molecular weight is 373 g/mol. The van der Waals surface area contributed by atoms with E-state index < -0.39 is 16.0 Å². The molecule has 0 aliphatic rings. The van der Waals surface area contributed by atoms with E-state index in [2.05, 4.69) is 9.46 Å². The van der Waals surface area contributed by atoms with Gasteiger partial charge in [0.15, 0.2) is 11.5 Å². The van der Waals surface area contributed by atoms with Crippen molar-refractivity contribution in [3.8, 4) is 11.5 Å². The first-order valence-electron chi connectivity index (χ1n) is 7.49. The Balaban J connectivity index is 3.26. The van der Waals surface area contributed by atoms with Crippen LogP contribution in [0.15, 0.2) is 23.1 Å². The number of esters is 1. The summed E-state index contributed by atoms with van der Waals surface area (Å²) in [7, 11) is 0.123. The fourth-order valence-electron chi connectivity index (χ4n) is 1.95. The third kappa shape index (κ3) is 6.04. The van der Waals surface area contributed by atoms with Crippen LogP contribution in [0.4, 0.5) is 0 Å². The van der Waals surface area contributed by atoms with Gasteiger partial charge in [0.1, 0.15) is 4.90 Å². The van der Waals surface area contributed by atoms with Gasteiger partial charge in [-0.25, -0.2) is 17.9 Å². The second-order valence-corrected chi connectivity index (χ2v) is 6.44. The zero-order valence-electron chi connectivity index (χ0n) is 14.7. The molecule has 0 saturated carbocycles. The molecule has 0 amide bonds. The molecule has 0 saturated heterocycles. The van der Waals surface area contributed by atoms with Crippen molar-refractivity contribution in [2.24, 2.45) is 0 Å². The number of hydrogen-bond donors (Lipinski definition) is 1. The Labute approximate surface area is 147 Å². The van der Waals surface area contributed by atoms with Gasteiger partial charge in [0.05, 0.1) is 27.9 Å². The van der Waals surface area contributed by atoms with Gasteiger partial charge in [-0.2, -0.15) is 0 Å². The maximum Gasteiger partial charge on any atom is 0.330 e. The summed E-state index contributed by atoms with van der Waals surface area (Å²) in [6.45, 7) is 2.67. The summed E-state index contributed by atoms with van der Waals surface area (Å²) in [5.41, 5.74) is 0.438. The molecule has 0 spiro atoms. The molecule has 0 aliphatic carbocycles. The third-order valence-corrected chi connectivity index (χ3v) is 4.58. The number of carbonyl (C=O) groups excluding carboxylic acids is 1. The van der Waals surface area contributed by atoms with E-state index in [1.54, 1.807) is 6.07 Å². The summed E-state index contributed by atoms with van der Waals surface area (Å²) in [6.07, 6.45) is 2.60. The van der Waals surface area contributed by atoms with Gasteiger partial charge in [0.25, 0.3) is 0 Å².